The second-order valence-corrected chi connectivity index (χ2v) is 4.70. The Morgan fingerprint density at radius 1 is 1.33 bits per heavy atom. The van der Waals surface area contributed by atoms with Crippen molar-refractivity contribution in [2.24, 2.45) is 0 Å². The normalized spacial score (nSPS) is 11.1. The molecule has 1 heterocycles. The highest BCUT2D eigenvalue weighted by molar-refractivity contribution is 7.92. The molecule has 0 aliphatic carbocycles. The lowest BCUT2D eigenvalue weighted by Crippen LogP contribution is -2.15. The lowest BCUT2D eigenvalue weighted by Gasteiger charge is -2.05. The van der Waals surface area contributed by atoms with E-state index in [-0.39, 0.29) is 11.8 Å². The summed E-state index contributed by atoms with van der Waals surface area (Å²) in [4.78, 5) is 7.65. The molecule has 0 spiro atoms. The van der Waals surface area contributed by atoms with Crippen LogP contribution >= 0.6 is 0 Å². The van der Waals surface area contributed by atoms with Gasteiger partial charge in [0.2, 0.25) is 10.0 Å². The first-order chi connectivity index (χ1) is 7.07. The number of sulfonamides is 1. The number of nitrogens with zero attached hydrogens (tertiary/aromatic N) is 2. The van der Waals surface area contributed by atoms with Crippen LogP contribution in [0, 0.1) is 0 Å². The molecule has 15 heavy (non-hydrogen) atoms. The molecule has 6 nitrogen and oxygen atoms in total. The average molecular weight is 231 g/mol. The Hall–Kier alpha value is -1.37. The number of nitrogens with one attached hydrogen (secondary N) is 1. The predicted molar refractivity (Wildman–Crippen MR) is 56.3 cm³/mol. The molecule has 0 aliphatic heterocycles. The van der Waals surface area contributed by atoms with Crippen molar-refractivity contribution in [2.75, 3.05) is 17.1 Å². The number of hydrogen-bond acceptors (Lipinski definition) is 5. The van der Waals surface area contributed by atoms with Crippen LogP contribution in [-0.4, -0.2) is 30.7 Å². The van der Waals surface area contributed by atoms with Crippen LogP contribution in [0.25, 0.3) is 0 Å². The average Bonchev–Trinajstić information content (AvgIpc) is 2.21. The maximum atomic E-state index is 11.2. The standard InChI is InChI=1S/C8H13N3O3S/c1-3-14-8-9-5-7(6-10-8)11-15(12,13)4-2/h5-6,11H,3-4H2,1-2H3. The number of rotatable bonds is 5. The minimum atomic E-state index is -3.27. The molecule has 0 aromatic carbocycles. The fraction of sp³-hybridized carbons (Fsp3) is 0.500. The van der Waals surface area contributed by atoms with Gasteiger partial charge >= 0.3 is 6.01 Å². The van der Waals surface area contributed by atoms with Crippen molar-refractivity contribution in [3.63, 3.8) is 0 Å². The summed E-state index contributed by atoms with van der Waals surface area (Å²) in [5.41, 5.74) is 0.334. The number of hydrogen-bond donors (Lipinski definition) is 1. The molecule has 1 aromatic rings. The fourth-order valence-corrected chi connectivity index (χ4v) is 1.43. The lowest BCUT2D eigenvalue weighted by molar-refractivity contribution is 0.312. The first-order valence-electron chi connectivity index (χ1n) is 4.52. The van der Waals surface area contributed by atoms with Gasteiger partial charge in [-0.05, 0) is 13.8 Å². The molecule has 0 saturated heterocycles. The summed E-state index contributed by atoms with van der Waals surface area (Å²) in [6.45, 7) is 3.84. The molecule has 84 valence electrons. The van der Waals surface area contributed by atoms with E-state index in [0.717, 1.165) is 0 Å². The third kappa shape index (κ3) is 3.70. The van der Waals surface area contributed by atoms with Gasteiger partial charge < -0.3 is 4.74 Å². The van der Waals surface area contributed by atoms with Crippen LogP contribution in [0.15, 0.2) is 12.4 Å². The molecule has 7 heteroatoms. The van der Waals surface area contributed by atoms with Gasteiger partial charge in [0.05, 0.1) is 30.4 Å². The smallest absolute Gasteiger partial charge is 0.316 e. The van der Waals surface area contributed by atoms with E-state index in [2.05, 4.69) is 14.7 Å². The van der Waals surface area contributed by atoms with Crippen molar-refractivity contribution in [2.45, 2.75) is 13.8 Å². The van der Waals surface area contributed by atoms with Crippen LogP contribution in [0.4, 0.5) is 5.69 Å². The molecular weight excluding hydrogens is 218 g/mol. The highest BCUT2D eigenvalue weighted by Gasteiger charge is 2.07. The molecule has 0 unspecified atom stereocenters. The van der Waals surface area contributed by atoms with Gasteiger partial charge in [0.1, 0.15) is 0 Å². The molecule has 1 N–H and O–H groups in total. The van der Waals surface area contributed by atoms with Gasteiger partial charge in [-0.3, -0.25) is 4.72 Å². The zero-order valence-electron chi connectivity index (χ0n) is 8.60. The van der Waals surface area contributed by atoms with Crippen molar-refractivity contribution in [3.8, 4) is 6.01 Å². The second-order valence-electron chi connectivity index (χ2n) is 2.69. The fourth-order valence-electron chi connectivity index (χ4n) is 0.824. The summed E-state index contributed by atoms with van der Waals surface area (Å²) in [5.74, 6) is 0.0141. The number of anilines is 1. The van der Waals surface area contributed by atoms with Gasteiger partial charge in [0.25, 0.3) is 0 Å². The quantitative estimate of drug-likeness (QED) is 0.804. The number of aromatic nitrogens is 2. The molecule has 1 aromatic heterocycles. The molecule has 1 rings (SSSR count). The summed E-state index contributed by atoms with van der Waals surface area (Å²) in [5, 5.41) is 0. The van der Waals surface area contributed by atoms with Crippen molar-refractivity contribution >= 4 is 15.7 Å². The first kappa shape index (κ1) is 11.7. The highest BCUT2D eigenvalue weighted by atomic mass is 32.2. The second kappa shape index (κ2) is 4.92. The van der Waals surface area contributed by atoms with E-state index in [0.29, 0.717) is 12.3 Å². The Morgan fingerprint density at radius 3 is 2.40 bits per heavy atom. The Morgan fingerprint density at radius 2 is 1.93 bits per heavy atom. The van der Waals surface area contributed by atoms with Crippen LogP contribution in [0.5, 0.6) is 6.01 Å². The third-order valence-electron chi connectivity index (χ3n) is 1.55. The predicted octanol–water partition coefficient (Wildman–Crippen LogP) is 0.637. The van der Waals surface area contributed by atoms with Gasteiger partial charge in [0, 0.05) is 0 Å². The van der Waals surface area contributed by atoms with Gasteiger partial charge in [-0.15, -0.1) is 0 Å². The van der Waals surface area contributed by atoms with E-state index >= 15 is 0 Å². The Balaban J connectivity index is 2.73. The van der Waals surface area contributed by atoms with E-state index < -0.39 is 10.0 Å². The summed E-state index contributed by atoms with van der Waals surface area (Å²) in [7, 11) is -3.27. The number of ether oxygens (including phenoxy) is 1. The lowest BCUT2D eigenvalue weighted by atomic mass is 10.6. The maximum Gasteiger partial charge on any atom is 0.316 e. The van der Waals surface area contributed by atoms with Crippen molar-refractivity contribution in [1.29, 1.82) is 0 Å². The summed E-state index contributed by atoms with van der Waals surface area (Å²) in [6, 6.07) is 0.233. The minimum Gasteiger partial charge on any atom is -0.464 e. The maximum absolute atomic E-state index is 11.2. The van der Waals surface area contributed by atoms with E-state index in [1.165, 1.54) is 12.4 Å². The molecule has 0 aliphatic rings. The highest BCUT2D eigenvalue weighted by Crippen LogP contribution is 2.09. The Kier molecular flexibility index (Phi) is 3.84. The molecule has 0 atom stereocenters. The molecule has 0 saturated carbocycles. The van der Waals surface area contributed by atoms with Gasteiger partial charge in [0.15, 0.2) is 0 Å². The van der Waals surface area contributed by atoms with Gasteiger partial charge in [-0.25, -0.2) is 18.4 Å². The van der Waals surface area contributed by atoms with Crippen LogP contribution in [0.2, 0.25) is 0 Å². The first-order valence-corrected chi connectivity index (χ1v) is 6.18. The summed E-state index contributed by atoms with van der Waals surface area (Å²) in [6.07, 6.45) is 2.73. The zero-order valence-corrected chi connectivity index (χ0v) is 9.41. The van der Waals surface area contributed by atoms with Gasteiger partial charge in [-0.1, -0.05) is 0 Å². The molecular formula is C8H13N3O3S. The van der Waals surface area contributed by atoms with E-state index in [9.17, 15) is 8.42 Å². The van der Waals surface area contributed by atoms with E-state index in [1.807, 2.05) is 6.92 Å². The minimum absolute atomic E-state index is 0.0141. The monoisotopic (exact) mass is 231 g/mol. The van der Waals surface area contributed by atoms with Crippen LogP contribution < -0.4 is 9.46 Å². The largest absolute Gasteiger partial charge is 0.464 e. The third-order valence-corrected chi connectivity index (χ3v) is 2.86. The van der Waals surface area contributed by atoms with Crippen LogP contribution in [0.3, 0.4) is 0 Å². The van der Waals surface area contributed by atoms with Crippen LogP contribution in [0.1, 0.15) is 13.8 Å². The topological polar surface area (TPSA) is 81.2 Å². The molecule has 0 fully saturated rings. The van der Waals surface area contributed by atoms with Gasteiger partial charge in [-0.2, -0.15) is 0 Å². The van der Waals surface area contributed by atoms with E-state index in [1.54, 1.807) is 6.92 Å². The Bertz CT molecular complexity index is 402. The van der Waals surface area contributed by atoms with Crippen molar-refractivity contribution < 1.29 is 13.2 Å². The zero-order chi connectivity index (χ0) is 11.3. The molecule has 0 bridgehead atoms. The van der Waals surface area contributed by atoms with Crippen LogP contribution in [-0.2, 0) is 10.0 Å². The van der Waals surface area contributed by atoms with E-state index in [4.69, 9.17) is 4.74 Å². The molecule has 0 amide bonds. The summed E-state index contributed by atoms with van der Waals surface area (Å²) < 4.78 is 29.7. The Labute approximate surface area is 88.8 Å². The van der Waals surface area contributed by atoms with Crippen molar-refractivity contribution in [1.82, 2.24) is 9.97 Å². The SMILES string of the molecule is CCOc1ncc(NS(=O)(=O)CC)cn1. The van der Waals surface area contributed by atoms with Crippen molar-refractivity contribution in [3.05, 3.63) is 12.4 Å². The summed E-state index contributed by atoms with van der Waals surface area (Å²) >= 11 is 0. The molecule has 0 radical (unpaired) electrons.